The number of hydrogen-bond donors (Lipinski definition) is 1. The maximum Gasteiger partial charge on any atom is 0.301 e. The van der Waals surface area contributed by atoms with Gasteiger partial charge < -0.3 is 0 Å². The third-order valence-corrected chi connectivity index (χ3v) is 4.30. The second-order valence-corrected chi connectivity index (χ2v) is 5.79. The van der Waals surface area contributed by atoms with Gasteiger partial charge in [-0.15, -0.1) is 0 Å². The standard InChI is InChI=1S/C10H15BrN2O2S/c1-3-13(4-2)16(14,15)12-10-7-5-6-9(11)8-10/h5-8,12H,3-4H2,1-2H3. The summed E-state index contributed by atoms with van der Waals surface area (Å²) < 4.78 is 28.5. The Hall–Kier alpha value is -0.590. The van der Waals surface area contributed by atoms with Gasteiger partial charge in [0, 0.05) is 17.6 Å². The molecule has 1 aromatic carbocycles. The van der Waals surface area contributed by atoms with E-state index in [0.717, 1.165) is 4.47 Å². The fraction of sp³-hybridized carbons (Fsp3) is 0.400. The largest absolute Gasteiger partial charge is 0.301 e. The molecule has 6 heteroatoms. The Morgan fingerprint density at radius 2 is 1.94 bits per heavy atom. The number of benzene rings is 1. The van der Waals surface area contributed by atoms with Crippen LogP contribution in [0.15, 0.2) is 28.7 Å². The van der Waals surface area contributed by atoms with Crippen molar-refractivity contribution in [3.05, 3.63) is 28.7 Å². The van der Waals surface area contributed by atoms with E-state index >= 15 is 0 Å². The van der Waals surface area contributed by atoms with Gasteiger partial charge in [0.1, 0.15) is 0 Å². The van der Waals surface area contributed by atoms with Crippen molar-refractivity contribution in [3.63, 3.8) is 0 Å². The molecule has 0 fully saturated rings. The summed E-state index contributed by atoms with van der Waals surface area (Å²) in [5.41, 5.74) is 0.557. The molecule has 0 heterocycles. The maximum absolute atomic E-state index is 11.9. The fourth-order valence-electron chi connectivity index (χ4n) is 1.33. The predicted octanol–water partition coefficient (Wildman–Crippen LogP) is 2.45. The molecule has 0 bridgehead atoms. The highest BCUT2D eigenvalue weighted by Crippen LogP contribution is 2.17. The molecule has 1 N–H and O–H groups in total. The molecule has 0 saturated heterocycles. The van der Waals surface area contributed by atoms with Gasteiger partial charge in [0.15, 0.2) is 0 Å². The number of halogens is 1. The SMILES string of the molecule is CCN(CC)S(=O)(=O)Nc1cccc(Br)c1. The lowest BCUT2D eigenvalue weighted by atomic mass is 10.3. The van der Waals surface area contributed by atoms with E-state index in [1.165, 1.54) is 4.31 Å². The maximum atomic E-state index is 11.9. The Kier molecular flexibility index (Phi) is 4.76. The molecular weight excluding hydrogens is 292 g/mol. The molecule has 0 spiro atoms. The normalized spacial score (nSPS) is 11.8. The van der Waals surface area contributed by atoms with Gasteiger partial charge in [-0.05, 0) is 18.2 Å². The van der Waals surface area contributed by atoms with Gasteiger partial charge in [0.05, 0.1) is 5.69 Å². The van der Waals surface area contributed by atoms with Crippen LogP contribution in [0.2, 0.25) is 0 Å². The molecule has 0 saturated carbocycles. The second kappa shape index (κ2) is 5.65. The van der Waals surface area contributed by atoms with E-state index in [0.29, 0.717) is 18.8 Å². The molecule has 1 rings (SSSR count). The smallest absolute Gasteiger partial charge is 0.271 e. The van der Waals surface area contributed by atoms with E-state index < -0.39 is 10.2 Å². The van der Waals surface area contributed by atoms with Crippen LogP contribution in [-0.4, -0.2) is 25.8 Å². The zero-order valence-corrected chi connectivity index (χ0v) is 11.7. The fourth-order valence-corrected chi connectivity index (χ4v) is 2.96. The van der Waals surface area contributed by atoms with Crippen LogP contribution in [-0.2, 0) is 10.2 Å². The highest BCUT2D eigenvalue weighted by atomic mass is 79.9. The monoisotopic (exact) mass is 306 g/mol. The Morgan fingerprint density at radius 1 is 1.31 bits per heavy atom. The molecular formula is C10H15BrN2O2S. The van der Waals surface area contributed by atoms with E-state index in [4.69, 9.17) is 0 Å². The van der Waals surface area contributed by atoms with E-state index in [2.05, 4.69) is 20.7 Å². The number of nitrogens with zero attached hydrogens (tertiary/aromatic N) is 1. The first-order valence-electron chi connectivity index (χ1n) is 5.03. The molecule has 0 unspecified atom stereocenters. The van der Waals surface area contributed by atoms with Gasteiger partial charge in [-0.25, -0.2) is 0 Å². The molecule has 4 nitrogen and oxygen atoms in total. The topological polar surface area (TPSA) is 49.4 Å². The van der Waals surface area contributed by atoms with Crippen molar-refractivity contribution in [3.8, 4) is 0 Å². The van der Waals surface area contributed by atoms with E-state index in [-0.39, 0.29) is 0 Å². The van der Waals surface area contributed by atoms with Gasteiger partial charge in [-0.1, -0.05) is 35.8 Å². The van der Waals surface area contributed by atoms with Crippen LogP contribution in [0.3, 0.4) is 0 Å². The third-order valence-electron chi connectivity index (χ3n) is 2.12. The van der Waals surface area contributed by atoms with Crippen molar-refractivity contribution in [1.82, 2.24) is 4.31 Å². The number of rotatable bonds is 5. The lowest BCUT2D eigenvalue weighted by Crippen LogP contribution is -2.35. The molecule has 0 aliphatic carbocycles. The lowest BCUT2D eigenvalue weighted by Gasteiger charge is -2.19. The first-order chi connectivity index (χ1) is 7.49. The van der Waals surface area contributed by atoms with Gasteiger partial charge in [0.2, 0.25) is 0 Å². The Labute approximate surface area is 105 Å². The molecule has 0 radical (unpaired) electrons. The minimum Gasteiger partial charge on any atom is -0.271 e. The van der Waals surface area contributed by atoms with Gasteiger partial charge in [-0.3, -0.25) is 4.72 Å². The Balaban J connectivity index is 2.88. The molecule has 0 aliphatic heterocycles. The van der Waals surface area contributed by atoms with Crippen LogP contribution in [0, 0.1) is 0 Å². The minimum atomic E-state index is -3.43. The quantitative estimate of drug-likeness (QED) is 0.908. The molecule has 1 aromatic rings. The predicted molar refractivity (Wildman–Crippen MR) is 69.6 cm³/mol. The highest BCUT2D eigenvalue weighted by molar-refractivity contribution is 9.10. The molecule has 0 aliphatic rings. The van der Waals surface area contributed by atoms with Crippen molar-refractivity contribution in [2.75, 3.05) is 17.8 Å². The van der Waals surface area contributed by atoms with Gasteiger partial charge >= 0.3 is 10.2 Å². The van der Waals surface area contributed by atoms with E-state index in [1.807, 2.05) is 19.9 Å². The summed E-state index contributed by atoms with van der Waals surface area (Å²) in [6.07, 6.45) is 0. The zero-order valence-electron chi connectivity index (χ0n) is 9.27. The Morgan fingerprint density at radius 3 is 2.44 bits per heavy atom. The van der Waals surface area contributed by atoms with Crippen molar-refractivity contribution < 1.29 is 8.42 Å². The summed E-state index contributed by atoms with van der Waals surface area (Å²) in [7, 11) is -3.43. The van der Waals surface area contributed by atoms with Gasteiger partial charge in [-0.2, -0.15) is 12.7 Å². The van der Waals surface area contributed by atoms with Crippen LogP contribution in [0.4, 0.5) is 5.69 Å². The van der Waals surface area contributed by atoms with Crippen molar-refractivity contribution >= 4 is 31.8 Å². The summed E-state index contributed by atoms with van der Waals surface area (Å²) in [5, 5.41) is 0. The summed E-state index contributed by atoms with van der Waals surface area (Å²) in [6, 6.07) is 7.06. The Bertz CT molecular complexity index is 444. The zero-order chi connectivity index (χ0) is 12.2. The molecule has 0 atom stereocenters. The van der Waals surface area contributed by atoms with Gasteiger partial charge in [0.25, 0.3) is 0 Å². The molecule has 90 valence electrons. The number of nitrogens with one attached hydrogen (secondary N) is 1. The third kappa shape index (κ3) is 3.47. The average molecular weight is 307 g/mol. The van der Waals surface area contributed by atoms with Crippen LogP contribution in [0.25, 0.3) is 0 Å². The van der Waals surface area contributed by atoms with E-state index in [9.17, 15) is 8.42 Å². The highest BCUT2D eigenvalue weighted by Gasteiger charge is 2.17. The molecule has 0 aromatic heterocycles. The van der Waals surface area contributed by atoms with Crippen LogP contribution in [0.5, 0.6) is 0 Å². The molecule has 0 amide bonds. The molecule has 16 heavy (non-hydrogen) atoms. The minimum absolute atomic E-state index is 0.458. The number of hydrogen-bond acceptors (Lipinski definition) is 2. The first-order valence-corrected chi connectivity index (χ1v) is 7.26. The number of anilines is 1. The second-order valence-electron chi connectivity index (χ2n) is 3.20. The van der Waals surface area contributed by atoms with Crippen LogP contribution < -0.4 is 4.72 Å². The van der Waals surface area contributed by atoms with Crippen molar-refractivity contribution in [1.29, 1.82) is 0 Å². The summed E-state index contributed by atoms with van der Waals surface area (Å²) in [4.78, 5) is 0. The van der Waals surface area contributed by atoms with E-state index in [1.54, 1.807) is 18.2 Å². The van der Waals surface area contributed by atoms with Crippen LogP contribution >= 0.6 is 15.9 Å². The van der Waals surface area contributed by atoms with Crippen LogP contribution in [0.1, 0.15) is 13.8 Å². The van der Waals surface area contributed by atoms with Crippen molar-refractivity contribution in [2.24, 2.45) is 0 Å². The van der Waals surface area contributed by atoms with Crippen molar-refractivity contribution in [2.45, 2.75) is 13.8 Å². The summed E-state index contributed by atoms with van der Waals surface area (Å²) in [6.45, 7) is 4.53. The first kappa shape index (κ1) is 13.5. The summed E-state index contributed by atoms with van der Waals surface area (Å²) >= 11 is 3.29. The summed E-state index contributed by atoms with van der Waals surface area (Å²) in [5.74, 6) is 0. The lowest BCUT2D eigenvalue weighted by molar-refractivity contribution is 0.449. The average Bonchev–Trinajstić information content (AvgIpc) is 2.18.